The number of aromatic nitrogens is 2. The SMILES string of the molecule is Cc1c(C(=O)NCC2CCN(C3CC3)C2)cnn1-c1cccc(C(F)(F)F)c1. The molecular formula is C20H23F3N4O. The molecule has 1 aliphatic heterocycles. The molecule has 2 aromatic rings. The van der Waals surface area contributed by atoms with Crippen molar-refractivity contribution < 1.29 is 18.0 Å². The van der Waals surface area contributed by atoms with Crippen molar-refractivity contribution in [2.24, 2.45) is 5.92 Å². The van der Waals surface area contributed by atoms with E-state index in [9.17, 15) is 18.0 Å². The first-order chi connectivity index (χ1) is 13.3. The van der Waals surface area contributed by atoms with Gasteiger partial charge in [0.15, 0.2) is 0 Å². The number of alkyl halides is 3. The Morgan fingerprint density at radius 3 is 2.79 bits per heavy atom. The van der Waals surface area contributed by atoms with Crippen LogP contribution >= 0.6 is 0 Å². The predicted octanol–water partition coefficient (Wildman–Crippen LogP) is 3.41. The van der Waals surface area contributed by atoms with E-state index in [-0.39, 0.29) is 11.6 Å². The van der Waals surface area contributed by atoms with E-state index in [1.165, 1.54) is 29.8 Å². The van der Waals surface area contributed by atoms with Crippen molar-refractivity contribution in [2.45, 2.75) is 38.4 Å². The van der Waals surface area contributed by atoms with Crippen LogP contribution in [0.3, 0.4) is 0 Å². The van der Waals surface area contributed by atoms with Gasteiger partial charge in [-0.3, -0.25) is 4.79 Å². The average Bonchev–Trinajstić information content (AvgIpc) is 3.28. The molecule has 1 N–H and O–H groups in total. The number of hydrogen-bond donors (Lipinski definition) is 1. The predicted molar refractivity (Wildman–Crippen MR) is 98.3 cm³/mol. The molecule has 2 fully saturated rings. The highest BCUT2D eigenvalue weighted by molar-refractivity contribution is 5.95. The summed E-state index contributed by atoms with van der Waals surface area (Å²) in [6.07, 6.45) is 0.641. The van der Waals surface area contributed by atoms with Gasteiger partial charge < -0.3 is 10.2 Å². The third-order valence-corrected chi connectivity index (χ3v) is 5.60. The van der Waals surface area contributed by atoms with Crippen LogP contribution in [0, 0.1) is 12.8 Å². The van der Waals surface area contributed by atoms with Gasteiger partial charge in [0.05, 0.1) is 28.7 Å². The summed E-state index contributed by atoms with van der Waals surface area (Å²) < 4.78 is 40.2. The number of likely N-dealkylation sites (tertiary alicyclic amines) is 1. The molecule has 1 saturated heterocycles. The monoisotopic (exact) mass is 392 g/mol. The molecule has 5 nitrogen and oxygen atoms in total. The summed E-state index contributed by atoms with van der Waals surface area (Å²) in [5.41, 5.74) is 0.437. The number of rotatable bonds is 5. The fourth-order valence-electron chi connectivity index (χ4n) is 3.84. The molecule has 4 rings (SSSR count). The van der Waals surface area contributed by atoms with Gasteiger partial charge in [-0.05, 0) is 56.8 Å². The Labute approximate surface area is 161 Å². The van der Waals surface area contributed by atoms with Crippen LogP contribution in [0.5, 0.6) is 0 Å². The van der Waals surface area contributed by atoms with Crippen LogP contribution in [-0.4, -0.2) is 46.3 Å². The Hall–Kier alpha value is -2.35. The summed E-state index contributed by atoms with van der Waals surface area (Å²) in [7, 11) is 0. The lowest BCUT2D eigenvalue weighted by Crippen LogP contribution is -2.31. The molecule has 1 saturated carbocycles. The zero-order valence-electron chi connectivity index (χ0n) is 15.7. The normalized spacial score (nSPS) is 20.5. The number of nitrogens with one attached hydrogen (secondary N) is 1. The fourth-order valence-corrected chi connectivity index (χ4v) is 3.84. The quantitative estimate of drug-likeness (QED) is 0.848. The molecule has 2 aliphatic rings. The third kappa shape index (κ3) is 3.92. The Balaban J connectivity index is 1.42. The van der Waals surface area contributed by atoms with Gasteiger partial charge in [-0.1, -0.05) is 6.07 Å². The maximum Gasteiger partial charge on any atom is 0.416 e. The largest absolute Gasteiger partial charge is 0.416 e. The molecule has 1 aliphatic carbocycles. The van der Waals surface area contributed by atoms with E-state index in [1.807, 2.05) is 0 Å². The van der Waals surface area contributed by atoms with Crippen LogP contribution < -0.4 is 5.32 Å². The number of benzene rings is 1. The molecule has 0 bridgehead atoms. The molecule has 8 heteroatoms. The Morgan fingerprint density at radius 1 is 1.29 bits per heavy atom. The highest BCUT2D eigenvalue weighted by atomic mass is 19.4. The van der Waals surface area contributed by atoms with Crippen LogP contribution in [0.1, 0.15) is 40.9 Å². The van der Waals surface area contributed by atoms with Gasteiger partial charge in [0.2, 0.25) is 0 Å². The van der Waals surface area contributed by atoms with Crippen LogP contribution in [-0.2, 0) is 6.18 Å². The smallest absolute Gasteiger partial charge is 0.352 e. The summed E-state index contributed by atoms with van der Waals surface area (Å²) in [5.74, 6) is 0.212. The molecule has 0 radical (unpaired) electrons. The Kier molecular flexibility index (Phi) is 4.91. The third-order valence-electron chi connectivity index (χ3n) is 5.60. The summed E-state index contributed by atoms with van der Waals surface area (Å²) in [6.45, 7) is 4.41. The van der Waals surface area contributed by atoms with Gasteiger partial charge in [0, 0.05) is 19.1 Å². The van der Waals surface area contributed by atoms with Gasteiger partial charge in [0.1, 0.15) is 0 Å². The fraction of sp³-hybridized carbons (Fsp3) is 0.500. The molecule has 1 atom stereocenters. The van der Waals surface area contributed by atoms with Crippen LogP contribution in [0.15, 0.2) is 30.5 Å². The first-order valence-corrected chi connectivity index (χ1v) is 9.57. The number of amides is 1. The van der Waals surface area contributed by atoms with Gasteiger partial charge in [0.25, 0.3) is 5.91 Å². The van der Waals surface area contributed by atoms with E-state index < -0.39 is 11.7 Å². The zero-order chi connectivity index (χ0) is 19.9. The minimum absolute atomic E-state index is 0.236. The highest BCUT2D eigenvalue weighted by Gasteiger charge is 2.34. The lowest BCUT2D eigenvalue weighted by Gasteiger charge is -2.15. The van der Waals surface area contributed by atoms with Crippen molar-refractivity contribution in [1.29, 1.82) is 0 Å². The van der Waals surface area contributed by atoms with E-state index in [2.05, 4.69) is 15.3 Å². The molecule has 1 unspecified atom stereocenters. The Bertz CT molecular complexity index is 873. The number of carbonyl (C=O) groups excluding carboxylic acids is 1. The topological polar surface area (TPSA) is 50.2 Å². The summed E-state index contributed by atoms with van der Waals surface area (Å²) >= 11 is 0. The standard InChI is InChI=1S/C20H23F3N4O/c1-13-18(19(28)24-10-14-7-8-26(12-14)16-5-6-16)11-25-27(13)17-4-2-3-15(9-17)20(21,22)23/h2-4,9,11,14,16H,5-8,10,12H2,1H3,(H,24,28). The molecule has 0 spiro atoms. The second-order valence-electron chi connectivity index (χ2n) is 7.69. The first-order valence-electron chi connectivity index (χ1n) is 9.57. The molecule has 1 aromatic carbocycles. The van der Waals surface area contributed by atoms with Crippen molar-refractivity contribution in [3.05, 3.63) is 47.3 Å². The summed E-state index contributed by atoms with van der Waals surface area (Å²) in [5, 5.41) is 7.10. The van der Waals surface area contributed by atoms with Gasteiger partial charge in [-0.2, -0.15) is 18.3 Å². The van der Waals surface area contributed by atoms with Crippen molar-refractivity contribution in [2.75, 3.05) is 19.6 Å². The van der Waals surface area contributed by atoms with E-state index in [0.29, 0.717) is 23.7 Å². The lowest BCUT2D eigenvalue weighted by molar-refractivity contribution is -0.137. The van der Waals surface area contributed by atoms with Gasteiger partial charge >= 0.3 is 6.18 Å². The number of carbonyl (C=O) groups is 1. The van der Waals surface area contributed by atoms with Crippen molar-refractivity contribution in [1.82, 2.24) is 20.0 Å². The molecule has 1 aromatic heterocycles. The van der Waals surface area contributed by atoms with Crippen molar-refractivity contribution in [3.63, 3.8) is 0 Å². The molecular weight excluding hydrogens is 369 g/mol. The number of nitrogens with zero attached hydrogens (tertiary/aromatic N) is 3. The van der Waals surface area contributed by atoms with Crippen LogP contribution in [0.2, 0.25) is 0 Å². The number of halogens is 3. The van der Waals surface area contributed by atoms with Crippen LogP contribution in [0.25, 0.3) is 5.69 Å². The Morgan fingerprint density at radius 2 is 2.07 bits per heavy atom. The number of hydrogen-bond acceptors (Lipinski definition) is 3. The zero-order valence-corrected chi connectivity index (χ0v) is 15.7. The minimum atomic E-state index is -4.42. The average molecular weight is 392 g/mol. The molecule has 150 valence electrons. The maximum absolute atomic E-state index is 12.9. The highest BCUT2D eigenvalue weighted by Crippen LogP contribution is 2.32. The molecule has 2 heterocycles. The van der Waals surface area contributed by atoms with E-state index in [4.69, 9.17) is 0 Å². The van der Waals surface area contributed by atoms with Crippen molar-refractivity contribution >= 4 is 5.91 Å². The molecule has 28 heavy (non-hydrogen) atoms. The second-order valence-corrected chi connectivity index (χ2v) is 7.69. The van der Waals surface area contributed by atoms with E-state index >= 15 is 0 Å². The summed E-state index contributed by atoms with van der Waals surface area (Å²) in [4.78, 5) is 15.1. The second kappa shape index (κ2) is 7.24. The van der Waals surface area contributed by atoms with Gasteiger partial charge in [-0.15, -0.1) is 0 Å². The maximum atomic E-state index is 12.9. The van der Waals surface area contributed by atoms with E-state index in [0.717, 1.165) is 37.7 Å². The van der Waals surface area contributed by atoms with Crippen molar-refractivity contribution in [3.8, 4) is 5.69 Å². The van der Waals surface area contributed by atoms with E-state index in [1.54, 1.807) is 13.0 Å². The first kappa shape index (κ1) is 19.0. The summed E-state index contributed by atoms with van der Waals surface area (Å²) in [6, 6.07) is 5.68. The molecule has 1 amide bonds. The van der Waals surface area contributed by atoms with Gasteiger partial charge in [-0.25, -0.2) is 4.68 Å². The lowest BCUT2D eigenvalue weighted by atomic mass is 10.1. The van der Waals surface area contributed by atoms with Crippen LogP contribution in [0.4, 0.5) is 13.2 Å². The minimum Gasteiger partial charge on any atom is -0.352 e.